The molecule has 136 valence electrons. The second kappa shape index (κ2) is 9.23. The number of hydrogen-bond donors (Lipinski definition) is 0. The molecule has 1 aromatic carbocycles. The third-order valence-corrected chi connectivity index (χ3v) is 5.66. The second-order valence-electron chi connectivity index (χ2n) is 7.27. The molecule has 1 rings (SSSR count). The Labute approximate surface area is 162 Å². The summed E-state index contributed by atoms with van der Waals surface area (Å²) in [5.41, 5.74) is 1.71. The Kier molecular flexibility index (Phi) is 8.27. The smallest absolute Gasteiger partial charge is 0.311 e. The van der Waals surface area contributed by atoms with Crippen LogP contribution in [0.4, 0.5) is 0 Å². The quantitative estimate of drug-likeness (QED) is 0.339. The number of esters is 1. The van der Waals surface area contributed by atoms with Gasteiger partial charge in [0.1, 0.15) is 5.75 Å². The summed E-state index contributed by atoms with van der Waals surface area (Å²) in [6.07, 6.45) is 1.53. The first kappa shape index (κ1) is 21.5. The molecule has 0 aliphatic rings. The highest BCUT2D eigenvalue weighted by Crippen LogP contribution is 2.36. The summed E-state index contributed by atoms with van der Waals surface area (Å²) in [6.45, 7) is 13.0. The molecular formula is C19H28Br2O3. The highest BCUT2D eigenvalue weighted by atomic mass is 79.9. The van der Waals surface area contributed by atoms with Crippen LogP contribution in [0, 0.1) is 25.2 Å². The van der Waals surface area contributed by atoms with Crippen molar-refractivity contribution in [1.29, 1.82) is 0 Å². The summed E-state index contributed by atoms with van der Waals surface area (Å²) >= 11 is 7.14. The number of rotatable bonds is 8. The van der Waals surface area contributed by atoms with Gasteiger partial charge >= 0.3 is 5.97 Å². The summed E-state index contributed by atoms with van der Waals surface area (Å²) in [5.74, 6) is 1.10. The Morgan fingerprint density at radius 3 is 2.46 bits per heavy atom. The molecule has 0 atom stereocenters. The molecule has 5 heteroatoms. The zero-order valence-corrected chi connectivity index (χ0v) is 18.6. The van der Waals surface area contributed by atoms with E-state index >= 15 is 0 Å². The second-order valence-corrected chi connectivity index (χ2v) is 8.92. The molecular weight excluding hydrogens is 436 g/mol. The fourth-order valence-electron chi connectivity index (χ4n) is 2.22. The third-order valence-electron chi connectivity index (χ3n) is 3.88. The monoisotopic (exact) mass is 462 g/mol. The van der Waals surface area contributed by atoms with Gasteiger partial charge in [-0.2, -0.15) is 0 Å². The van der Waals surface area contributed by atoms with Gasteiger partial charge in [-0.15, -0.1) is 0 Å². The minimum Gasteiger partial charge on any atom is -0.492 e. The molecule has 0 aliphatic carbocycles. The van der Waals surface area contributed by atoms with Crippen molar-refractivity contribution in [1.82, 2.24) is 0 Å². The molecule has 0 N–H and O–H groups in total. The van der Waals surface area contributed by atoms with E-state index in [4.69, 9.17) is 9.47 Å². The summed E-state index contributed by atoms with van der Waals surface area (Å²) < 4.78 is 13.4. The van der Waals surface area contributed by atoms with Crippen molar-refractivity contribution in [2.45, 2.75) is 54.4 Å². The highest BCUT2D eigenvalue weighted by molar-refractivity contribution is 9.11. The lowest BCUT2D eigenvalue weighted by Gasteiger charge is -2.23. The van der Waals surface area contributed by atoms with Crippen molar-refractivity contribution in [3.8, 4) is 5.75 Å². The van der Waals surface area contributed by atoms with Crippen LogP contribution in [0.2, 0.25) is 0 Å². The molecule has 0 aliphatic heterocycles. The lowest BCUT2D eigenvalue weighted by Crippen LogP contribution is -2.28. The van der Waals surface area contributed by atoms with Crippen LogP contribution in [0.25, 0.3) is 0 Å². The van der Waals surface area contributed by atoms with Gasteiger partial charge in [-0.1, -0.05) is 29.8 Å². The number of benzene rings is 1. The van der Waals surface area contributed by atoms with Gasteiger partial charge in [0, 0.05) is 4.47 Å². The molecule has 0 saturated carbocycles. The maximum Gasteiger partial charge on any atom is 0.311 e. The molecule has 0 spiro atoms. The third kappa shape index (κ3) is 6.07. The molecule has 0 radical (unpaired) electrons. The summed E-state index contributed by atoms with van der Waals surface area (Å²) in [5, 5.41) is 0. The van der Waals surface area contributed by atoms with Crippen molar-refractivity contribution in [2.75, 3.05) is 13.2 Å². The minimum atomic E-state index is -0.486. The van der Waals surface area contributed by atoms with Gasteiger partial charge in [-0.05, 0) is 79.6 Å². The topological polar surface area (TPSA) is 35.5 Å². The van der Waals surface area contributed by atoms with E-state index in [1.165, 1.54) is 0 Å². The van der Waals surface area contributed by atoms with Crippen LogP contribution in [0.1, 0.15) is 51.7 Å². The van der Waals surface area contributed by atoms with Crippen LogP contribution in [0.3, 0.4) is 0 Å². The lowest BCUT2D eigenvalue weighted by atomic mass is 9.88. The normalized spacial score (nSPS) is 11.7. The number of carbonyl (C=O) groups excluding carboxylic acids is 1. The molecule has 0 heterocycles. The SMILES string of the molecule is Cc1cc(Br)c(C)c(Br)c1OCCCC(C)(C)C(=O)OCC(C)C. The van der Waals surface area contributed by atoms with E-state index in [1.807, 2.05) is 41.5 Å². The Balaban J connectivity index is 2.54. The molecule has 0 fully saturated rings. The first-order valence-corrected chi connectivity index (χ1v) is 9.90. The summed E-state index contributed by atoms with van der Waals surface area (Å²) in [7, 11) is 0. The standard InChI is InChI=1S/C19H28Br2O3/c1-12(2)11-24-18(22)19(5,6)8-7-9-23-17-13(3)10-15(20)14(4)16(17)21/h10,12H,7-9,11H2,1-6H3. The lowest BCUT2D eigenvalue weighted by molar-refractivity contribution is -0.155. The summed E-state index contributed by atoms with van der Waals surface area (Å²) in [4.78, 5) is 12.1. The van der Waals surface area contributed by atoms with Gasteiger partial charge in [-0.3, -0.25) is 4.79 Å². The predicted octanol–water partition coefficient (Wildman–Crippen LogP) is 6.21. The molecule has 0 amide bonds. The van der Waals surface area contributed by atoms with Gasteiger partial charge in [-0.25, -0.2) is 0 Å². The predicted molar refractivity (Wildman–Crippen MR) is 106 cm³/mol. The van der Waals surface area contributed by atoms with Gasteiger partial charge < -0.3 is 9.47 Å². The number of carbonyl (C=O) groups is 1. The van der Waals surface area contributed by atoms with E-state index in [9.17, 15) is 4.79 Å². The van der Waals surface area contributed by atoms with E-state index in [2.05, 4.69) is 37.9 Å². The zero-order valence-electron chi connectivity index (χ0n) is 15.5. The fourth-order valence-corrected chi connectivity index (χ4v) is 3.67. The Morgan fingerprint density at radius 1 is 1.25 bits per heavy atom. The molecule has 24 heavy (non-hydrogen) atoms. The van der Waals surface area contributed by atoms with Gasteiger partial charge in [0.2, 0.25) is 0 Å². The van der Waals surface area contributed by atoms with Crippen molar-refractivity contribution in [3.63, 3.8) is 0 Å². The van der Waals surface area contributed by atoms with Crippen LogP contribution in [0.5, 0.6) is 5.75 Å². The zero-order chi connectivity index (χ0) is 18.5. The van der Waals surface area contributed by atoms with Crippen molar-refractivity contribution < 1.29 is 14.3 Å². The van der Waals surface area contributed by atoms with E-state index in [0.717, 1.165) is 38.7 Å². The first-order chi connectivity index (χ1) is 11.1. The van der Waals surface area contributed by atoms with Crippen molar-refractivity contribution in [3.05, 3.63) is 26.1 Å². The van der Waals surface area contributed by atoms with Gasteiger partial charge in [0.05, 0.1) is 23.1 Å². The van der Waals surface area contributed by atoms with Crippen LogP contribution in [-0.2, 0) is 9.53 Å². The van der Waals surface area contributed by atoms with Crippen LogP contribution >= 0.6 is 31.9 Å². The van der Waals surface area contributed by atoms with E-state index in [0.29, 0.717) is 19.1 Å². The number of aryl methyl sites for hydroxylation is 1. The van der Waals surface area contributed by atoms with Gasteiger partial charge in [0.15, 0.2) is 0 Å². The summed E-state index contributed by atoms with van der Waals surface area (Å²) in [6, 6.07) is 2.06. The average molecular weight is 464 g/mol. The molecule has 0 saturated heterocycles. The Hall–Kier alpha value is -0.550. The number of halogens is 2. The average Bonchev–Trinajstić information content (AvgIpc) is 2.49. The molecule has 3 nitrogen and oxygen atoms in total. The number of ether oxygens (including phenoxy) is 2. The molecule has 1 aromatic rings. The van der Waals surface area contributed by atoms with Gasteiger partial charge in [0.25, 0.3) is 0 Å². The number of hydrogen-bond acceptors (Lipinski definition) is 3. The van der Waals surface area contributed by atoms with E-state index < -0.39 is 5.41 Å². The van der Waals surface area contributed by atoms with Crippen LogP contribution < -0.4 is 4.74 Å². The van der Waals surface area contributed by atoms with Crippen LogP contribution in [0.15, 0.2) is 15.0 Å². The van der Waals surface area contributed by atoms with E-state index in [-0.39, 0.29) is 5.97 Å². The maximum atomic E-state index is 12.1. The molecule has 0 bridgehead atoms. The van der Waals surface area contributed by atoms with E-state index in [1.54, 1.807) is 0 Å². The highest BCUT2D eigenvalue weighted by Gasteiger charge is 2.29. The first-order valence-electron chi connectivity index (χ1n) is 8.31. The van der Waals surface area contributed by atoms with Crippen LogP contribution in [-0.4, -0.2) is 19.2 Å². The molecule has 0 aromatic heterocycles. The Morgan fingerprint density at radius 2 is 1.88 bits per heavy atom. The Bertz CT molecular complexity index is 580. The molecule has 0 unspecified atom stereocenters. The maximum absolute atomic E-state index is 12.1. The fraction of sp³-hybridized carbons (Fsp3) is 0.632. The van der Waals surface area contributed by atoms with Crippen molar-refractivity contribution in [2.24, 2.45) is 11.3 Å². The minimum absolute atomic E-state index is 0.131. The largest absolute Gasteiger partial charge is 0.492 e. The van der Waals surface area contributed by atoms with Crippen molar-refractivity contribution >= 4 is 37.8 Å².